The second-order valence-electron chi connectivity index (χ2n) is 3.72. The smallest absolute Gasteiger partial charge is 0.276 e. The Hall–Kier alpha value is -1.71. The van der Waals surface area contributed by atoms with Gasteiger partial charge in [0.15, 0.2) is 0 Å². The highest BCUT2D eigenvalue weighted by molar-refractivity contribution is 5.86. The van der Waals surface area contributed by atoms with Gasteiger partial charge in [0.25, 0.3) is 5.91 Å². The van der Waals surface area contributed by atoms with Gasteiger partial charge < -0.3 is 4.74 Å². The zero-order valence-electron chi connectivity index (χ0n) is 9.22. The highest BCUT2D eigenvalue weighted by Gasteiger charge is 2.27. The molecule has 0 fully saturated rings. The van der Waals surface area contributed by atoms with Gasteiger partial charge in [-0.25, -0.2) is 0 Å². The number of allylic oxidation sites excluding steroid dienone is 3. The molecule has 0 aromatic heterocycles. The van der Waals surface area contributed by atoms with Gasteiger partial charge in [0.05, 0.1) is 12.5 Å². The monoisotopic (exact) mass is 218 g/mol. The SMILES string of the molecule is CCCCOC1=C2C=CC=CC2C(=O)N=N1. The van der Waals surface area contributed by atoms with Gasteiger partial charge in [-0.15, -0.1) is 10.2 Å². The summed E-state index contributed by atoms with van der Waals surface area (Å²) in [6.07, 6.45) is 9.45. The van der Waals surface area contributed by atoms with Crippen molar-refractivity contribution in [1.82, 2.24) is 0 Å². The molecule has 0 bridgehead atoms. The molecule has 0 aromatic rings. The van der Waals surface area contributed by atoms with Crippen LogP contribution in [0.15, 0.2) is 46.0 Å². The predicted molar refractivity (Wildman–Crippen MR) is 59.5 cm³/mol. The summed E-state index contributed by atoms with van der Waals surface area (Å²) in [5.41, 5.74) is 0.818. The summed E-state index contributed by atoms with van der Waals surface area (Å²) >= 11 is 0. The summed E-state index contributed by atoms with van der Waals surface area (Å²) in [5.74, 6) is -0.0452. The van der Waals surface area contributed by atoms with E-state index < -0.39 is 0 Å². The van der Waals surface area contributed by atoms with Crippen molar-refractivity contribution < 1.29 is 9.53 Å². The Labute approximate surface area is 94.4 Å². The summed E-state index contributed by atoms with van der Waals surface area (Å²) in [6.45, 7) is 2.71. The van der Waals surface area contributed by atoms with Gasteiger partial charge in [0, 0.05) is 5.57 Å². The molecule has 0 N–H and O–H groups in total. The Kier molecular flexibility index (Phi) is 3.29. The maximum Gasteiger partial charge on any atom is 0.276 e. The number of amides is 1. The van der Waals surface area contributed by atoms with E-state index in [1.54, 1.807) is 0 Å². The topological polar surface area (TPSA) is 51.0 Å². The van der Waals surface area contributed by atoms with E-state index in [1.165, 1.54) is 0 Å². The minimum Gasteiger partial charge on any atom is -0.476 e. The lowest BCUT2D eigenvalue weighted by Gasteiger charge is -2.19. The number of azo groups is 1. The highest BCUT2D eigenvalue weighted by atomic mass is 16.5. The van der Waals surface area contributed by atoms with Gasteiger partial charge in [-0.1, -0.05) is 37.6 Å². The Morgan fingerprint density at radius 3 is 3.06 bits per heavy atom. The lowest BCUT2D eigenvalue weighted by atomic mass is 9.93. The number of hydrogen-bond acceptors (Lipinski definition) is 3. The number of fused-ring (bicyclic) bond motifs is 1. The number of unbranched alkanes of at least 4 members (excludes halogenated alkanes) is 1. The van der Waals surface area contributed by atoms with E-state index in [0.717, 1.165) is 18.4 Å². The molecule has 0 radical (unpaired) electrons. The Bertz CT molecular complexity index is 405. The predicted octanol–water partition coefficient (Wildman–Crippen LogP) is 2.75. The Morgan fingerprint density at radius 2 is 2.25 bits per heavy atom. The van der Waals surface area contributed by atoms with Crippen molar-refractivity contribution >= 4 is 5.91 Å². The first-order valence-electron chi connectivity index (χ1n) is 5.50. The van der Waals surface area contributed by atoms with Crippen molar-refractivity contribution in [3.63, 3.8) is 0 Å². The molecule has 1 atom stereocenters. The standard InChI is InChI=1S/C12H14N2O2/c1-2-3-8-16-12-10-7-5-4-6-9(10)11(15)13-14-12/h4-7,9H,2-3,8H2,1H3. The molecule has 1 aliphatic heterocycles. The lowest BCUT2D eigenvalue weighted by Crippen LogP contribution is -2.18. The molecule has 0 saturated carbocycles. The maximum absolute atomic E-state index is 11.5. The Balaban J connectivity index is 2.16. The number of nitrogens with zero attached hydrogens (tertiary/aromatic N) is 2. The van der Waals surface area contributed by atoms with Crippen LogP contribution in [0.25, 0.3) is 0 Å². The van der Waals surface area contributed by atoms with Crippen LogP contribution < -0.4 is 0 Å². The van der Waals surface area contributed by atoms with Crippen molar-refractivity contribution in [1.29, 1.82) is 0 Å². The van der Waals surface area contributed by atoms with Gasteiger partial charge in [-0.05, 0) is 6.42 Å². The summed E-state index contributed by atoms with van der Waals surface area (Å²) in [4.78, 5) is 11.5. The molecule has 16 heavy (non-hydrogen) atoms. The third kappa shape index (κ3) is 2.10. The van der Waals surface area contributed by atoms with Crippen LogP contribution in [-0.2, 0) is 9.53 Å². The van der Waals surface area contributed by atoms with Gasteiger partial charge in [-0.3, -0.25) is 4.79 Å². The lowest BCUT2D eigenvalue weighted by molar-refractivity contribution is -0.120. The summed E-state index contributed by atoms with van der Waals surface area (Å²) in [7, 11) is 0. The molecule has 84 valence electrons. The van der Waals surface area contributed by atoms with E-state index in [-0.39, 0.29) is 11.8 Å². The van der Waals surface area contributed by atoms with Crippen molar-refractivity contribution in [2.75, 3.05) is 6.61 Å². The summed E-state index contributed by atoms with van der Waals surface area (Å²) in [6, 6.07) is 0. The van der Waals surface area contributed by atoms with Crippen LogP contribution in [0.3, 0.4) is 0 Å². The van der Waals surface area contributed by atoms with Crippen molar-refractivity contribution in [2.45, 2.75) is 19.8 Å². The molecule has 0 saturated heterocycles. The molecule has 1 unspecified atom stereocenters. The van der Waals surface area contributed by atoms with Crippen LogP contribution in [0.1, 0.15) is 19.8 Å². The quantitative estimate of drug-likeness (QED) is 0.681. The second kappa shape index (κ2) is 4.88. The third-order valence-corrected chi connectivity index (χ3v) is 2.51. The molecular weight excluding hydrogens is 204 g/mol. The Morgan fingerprint density at radius 1 is 1.38 bits per heavy atom. The average Bonchev–Trinajstić information content (AvgIpc) is 2.33. The molecule has 0 spiro atoms. The van der Waals surface area contributed by atoms with E-state index in [9.17, 15) is 4.79 Å². The van der Waals surface area contributed by atoms with Crippen molar-refractivity contribution in [3.05, 3.63) is 35.8 Å². The molecule has 0 aromatic carbocycles. The van der Waals surface area contributed by atoms with Crippen LogP contribution in [0.4, 0.5) is 0 Å². The zero-order valence-corrected chi connectivity index (χ0v) is 9.22. The summed E-state index contributed by atoms with van der Waals surface area (Å²) < 4.78 is 5.52. The molecule has 1 heterocycles. The molecular formula is C12H14N2O2. The molecule has 4 nitrogen and oxygen atoms in total. The van der Waals surface area contributed by atoms with Crippen molar-refractivity contribution in [3.8, 4) is 0 Å². The average molecular weight is 218 g/mol. The van der Waals surface area contributed by atoms with E-state index >= 15 is 0 Å². The first-order chi connectivity index (χ1) is 7.83. The van der Waals surface area contributed by atoms with E-state index in [1.807, 2.05) is 24.3 Å². The first kappa shape index (κ1) is 10.8. The molecule has 4 heteroatoms. The van der Waals surface area contributed by atoms with Gasteiger partial charge in [0.1, 0.15) is 0 Å². The fourth-order valence-electron chi connectivity index (χ4n) is 1.60. The van der Waals surface area contributed by atoms with Crippen LogP contribution in [0.2, 0.25) is 0 Å². The highest BCUT2D eigenvalue weighted by Crippen LogP contribution is 2.28. The van der Waals surface area contributed by atoms with E-state index in [4.69, 9.17) is 4.74 Å². The normalized spacial score (nSPS) is 22.6. The first-order valence-corrected chi connectivity index (χ1v) is 5.50. The number of rotatable bonds is 4. The molecule has 2 aliphatic rings. The fourth-order valence-corrected chi connectivity index (χ4v) is 1.60. The number of ether oxygens (including phenoxy) is 1. The molecule has 2 rings (SSSR count). The largest absolute Gasteiger partial charge is 0.476 e. The maximum atomic E-state index is 11.5. The van der Waals surface area contributed by atoms with Crippen LogP contribution in [0.5, 0.6) is 0 Å². The fraction of sp³-hybridized carbons (Fsp3) is 0.417. The van der Waals surface area contributed by atoms with Gasteiger partial charge in [-0.2, -0.15) is 0 Å². The van der Waals surface area contributed by atoms with Gasteiger partial charge >= 0.3 is 0 Å². The molecule has 1 aliphatic carbocycles. The summed E-state index contributed by atoms with van der Waals surface area (Å²) in [5, 5.41) is 7.41. The zero-order chi connectivity index (χ0) is 11.4. The minimum atomic E-state index is -0.306. The van der Waals surface area contributed by atoms with Gasteiger partial charge in [0.2, 0.25) is 5.88 Å². The number of carbonyl (C=O) groups is 1. The van der Waals surface area contributed by atoms with E-state index in [0.29, 0.717) is 12.5 Å². The van der Waals surface area contributed by atoms with Crippen LogP contribution in [-0.4, -0.2) is 12.5 Å². The molecule has 1 amide bonds. The number of hydrogen-bond donors (Lipinski definition) is 0. The van der Waals surface area contributed by atoms with E-state index in [2.05, 4.69) is 17.2 Å². The van der Waals surface area contributed by atoms with Crippen LogP contribution >= 0.6 is 0 Å². The van der Waals surface area contributed by atoms with Crippen LogP contribution in [0, 0.1) is 5.92 Å². The second-order valence-corrected chi connectivity index (χ2v) is 3.72. The minimum absolute atomic E-state index is 0.224. The number of carbonyl (C=O) groups excluding carboxylic acids is 1. The third-order valence-electron chi connectivity index (χ3n) is 2.51. The van der Waals surface area contributed by atoms with Crippen molar-refractivity contribution in [2.24, 2.45) is 16.1 Å².